The van der Waals surface area contributed by atoms with E-state index in [2.05, 4.69) is 49.5 Å². The standard InChI is InChI=1S/C51H87N11O11/c1-6-8-9-10-14-18-35(64)30-43(66)56-37(19-23-52)46(68)60-40-22-26-55-51(73)44(32(5)63)62-50(72)36(15-7-2)58-47(69)38(20-24-53)57-45(67)34(27-31(3)4)29-42(65)41(28-33-16-12-11-13-17-33)61-48(70)39(21-25-54)59-49(40)71/h11-13,16-17,31-32,34-41,44,63-64H,6-10,14-15,18-30,52-54H2,1-5H3,(H,55,73)(H,56,66)(H,57,67)(H,58,69)(H,59,71)(H,60,68)(H,61,70)(H,62,72)/t32-,34-,35-,36+,37-,38+,39+,40+,41-,44+/m1/s1. The molecule has 0 aliphatic carbocycles. The molecule has 0 bridgehead atoms. The van der Waals surface area contributed by atoms with E-state index in [1.807, 2.05) is 13.8 Å². The highest BCUT2D eigenvalue weighted by atomic mass is 16.3. The Bertz CT molecular complexity index is 1910. The lowest BCUT2D eigenvalue weighted by atomic mass is 9.88. The third-order valence-electron chi connectivity index (χ3n) is 12.5. The van der Waals surface area contributed by atoms with Gasteiger partial charge in [0, 0.05) is 18.9 Å². The lowest BCUT2D eigenvalue weighted by Gasteiger charge is -2.27. The average molecular weight is 1030 g/mol. The molecule has 1 aliphatic heterocycles. The van der Waals surface area contributed by atoms with Gasteiger partial charge in [0.2, 0.25) is 47.3 Å². The Balaban J connectivity index is 2.66. The Kier molecular flexibility index (Phi) is 30.3. The van der Waals surface area contributed by atoms with Crippen molar-refractivity contribution in [3.8, 4) is 0 Å². The molecule has 1 heterocycles. The summed E-state index contributed by atoms with van der Waals surface area (Å²) in [5, 5.41) is 42.3. The van der Waals surface area contributed by atoms with Crippen LogP contribution in [0.15, 0.2) is 30.3 Å². The number of amides is 8. The van der Waals surface area contributed by atoms with Gasteiger partial charge in [-0.1, -0.05) is 96.6 Å². The van der Waals surface area contributed by atoms with Crippen molar-refractivity contribution in [3.63, 3.8) is 0 Å². The van der Waals surface area contributed by atoms with Crippen molar-refractivity contribution in [2.45, 2.75) is 192 Å². The molecule has 2 rings (SSSR count). The van der Waals surface area contributed by atoms with Gasteiger partial charge in [-0.3, -0.25) is 43.2 Å². The van der Waals surface area contributed by atoms with Crippen molar-refractivity contribution >= 4 is 53.0 Å². The summed E-state index contributed by atoms with van der Waals surface area (Å²) in [6.07, 6.45) is 2.21. The second kappa shape index (κ2) is 34.8. The van der Waals surface area contributed by atoms with Crippen LogP contribution in [0.1, 0.15) is 136 Å². The summed E-state index contributed by atoms with van der Waals surface area (Å²) in [7, 11) is 0. The normalized spacial score (nSPS) is 23.7. The molecule has 16 N–H and O–H groups in total. The highest BCUT2D eigenvalue weighted by Crippen LogP contribution is 2.20. The van der Waals surface area contributed by atoms with Crippen molar-refractivity contribution in [3.05, 3.63) is 35.9 Å². The largest absolute Gasteiger partial charge is 0.393 e. The third-order valence-corrected chi connectivity index (χ3v) is 12.5. The van der Waals surface area contributed by atoms with Gasteiger partial charge in [0.15, 0.2) is 5.78 Å². The van der Waals surface area contributed by atoms with E-state index in [1.165, 1.54) is 6.92 Å². The molecule has 1 fully saturated rings. The molecule has 1 saturated heterocycles. The smallest absolute Gasteiger partial charge is 0.245 e. The number of carbonyl (C=O) groups excluding carboxylic acids is 9. The monoisotopic (exact) mass is 1030 g/mol. The van der Waals surface area contributed by atoms with Crippen molar-refractivity contribution in [1.82, 2.24) is 42.5 Å². The van der Waals surface area contributed by atoms with E-state index in [1.54, 1.807) is 37.3 Å². The molecule has 0 saturated carbocycles. The summed E-state index contributed by atoms with van der Waals surface area (Å²) in [5.41, 5.74) is 18.4. The number of nitrogens with two attached hydrogens (primary N) is 3. The molecule has 1 aromatic rings. The fourth-order valence-corrected chi connectivity index (χ4v) is 8.51. The number of hydrogen-bond donors (Lipinski definition) is 13. The predicted octanol–water partition coefficient (Wildman–Crippen LogP) is -0.897. The average Bonchev–Trinajstić information content (AvgIpc) is 3.33. The van der Waals surface area contributed by atoms with E-state index < -0.39 is 113 Å². The van der Waals surface area contributed by atoms with Gasteiger partial charge in [0.25, 0.3) is 0 Å². The number of nitrogens with one attached hydrogen (secondary N) is 8. The molecule has 0 radical (unpaired) electrons. The Morgan fingerprint density at radius 2 is 1.25 bits per heavy atom. The fourth-order valence-electron chi connectivity index (χ4n) is 8.51. The molecule has 1 aromatic carbocycles. The molecule has 10 atom stereocenters. The van der Waals surface area contributed by atoms with Crippen molar-refractivity contribution in [1.29, 1.82) is 0 Å². The Labute approximate surface area is 430 Å². The molecule has 1 aliphatic rings. The van der Waals surface area contributed by atoms with Crippen LogP contribution in [0, 0.1) is 11.8 Å². The number of ketones is 1. The lowest BCUT2D eigenvalue weighted by Crippen LogP contribution is -2.60. The number of unbranched alkanes of at least 4 members (excludes halogenated alkanes) is 4. The van der Waals surface area contributed by atoms with Crippen LogP contribution in [0.4, 0.5) is 0 Å². The van der Waals surface area contributed by atoms with Gasteiger partial charge in [-0.05, 0) is 89.4 Å². The Hall–Kier alpha value is -5.55. The quantitative estimate of drug-likeness (QED) is 0.0559. The van der Waals surface area contributed by atoms with E-state index >= 15 is 0 Å². The van der Waals surface area contributed by atoms with E-state index in [4.69, 9.17) is 17.2 Å². The van der Waals surface area contributed by atoms with Gasteiger partial charge in [-0.2, -0.15) is 0 Å². The van der Waals surface area contributed by atoms with Crippen LogP contribution in [0.25, 0.3) is 0 Å². The number of rotatable bonds is 24. The summed E-state index contributed by atoms with van der Waals surface area (Å²) >= 11 is 0. The molecule has 22 heteroatoms. The highest BCUT2D eigenvalue weighted by Gasteiger charge is 2.36. The van der Waals surface area contributed by atoms with Crippen LogP contribution in [0.3, 0.4) is 0 Å². The zero-order chi connectivity index (χ0) is 54.5. The van der Waals surface area contributed by atoms with Crippen molar-refractivity contribution < 1.29 is 53.4 Å². The second-order valence-electron chi connectivity index (χ2n) is 19.5. The summed E-state index contributed by atoms with van der Waals surface area (Å²) in [4.78, 5) is 126. The molecule has 0 aromatic heterocycles. The van der Waals surface area contributed by atoms with Crippen LogP contribution in [0.2, 0.25) is 0 Å². The first-order valence-corrected chi connectivity index (χ1v) is 26.2. The minimum Gasteiger partial charge on any atom is -0.393 e. The van der Waals surface area contributed by atoms with Gasteiger partial charge in [0.05, 0.1) is 24.7 Å². The van der Waals surface area contributed by atoms with E-state index in [-0.39, 0.29) is 89.9 Å². The summed E-state index contributed by atoms with van der Waals surface area (Å²) in [6, 6.07) is -0.578. The molecule has 22 nitrogen and oxygen atoms in total. The summed E-state index contributed by atoms with van der Waals surface area (Å²) in [5.74, 6) is -7.86. The zero-order valence-electron chi connectivity index (χ0n) is 43.7. The third kappa shape index (κ3) is 23.9. The Morgan fingerprint density at radius 1 is 0.671 bits per heavy atom. The number of Topliss-reactive ketones (excluding diaryl/α,β-unsaturated/α-hetero) is 1. The van der Waals surface area contributed by atoms with Gasteiger partial charge in [-0.25, -0.2) is 0 Å². The van der Waals surface area contributed by atoms with E-state index in [0.29, 0.717) is 18.4 Å². The maximum atomic E-state index is 14.4. The van der Waals surface area contributed by atoms with Gasteiger partial charge >= 0.3 is 0 Å². The maximum absolute atomic E-state index is 14.4. The van der Waals surface area contributed by atoms with Crippen molar-refractivity contribution in [2.75, 3.05) is 26.2 Å². The number of aliphatic hydroxyl groups is 2. The van der Waals surface area contributed by atoms with Crippen LogP contribution >= 0.6 is 0 Å². The molecular formula is C51H87N11O11. The minimum absolute atomic E-state index is 0.000121. The van der Waals surface area contributed by atoms with Crippen LogP contribution in [-0.4, -0.2) is 144 Å². The maximum Gasteiger partial charge on any atom is 0.245 e. The molecule has 8 amide bonds. The van der Waals surface area contributed by atoms with Crippen LogP contribution in [0.5, 0.6) is 0 Å². The number of hydrogen-bond acceptors (Lipinski definition) is 14. The fraction of sp³-hybridized carbons (Fsp3) is 0.706. The van der Waals surface area contributed by atoms with E-state index in [9.17, 15) is 53.4 Å². The van der Waals surface area contributed by atoms with Gasteiger partial charge < -0.3 is 69.9 Å². The second-order valence-corrected chi connectivity index (χ2v) is 19.5. The highest BCUT2D eigenvalue weighted by molar-refractivity contribution is 5.98. The minimum atomic E-state index is -1.57. The van der Waals surface area contributed by atoms with Gasteiger partial charge in [0.1, 0.15) is 36.3 Å². The number of carbonyl (C=O) groups is 9. The van der Waals surface area contributed by atoms with Crippen molar-refractivity contribution in [2.24, 2.45) is 29.0 Å². The van der Waals surface area contributed by atoms with Crippen LogP contribution < -0.4 is 59.7 Å². The molecule has 0 spiro atoms. The lowest BCUT2D eigenvalue weighted by molar-refractivity contribution is -0.136. The number of benzene rings is 1. The van der Waals surface area contributed by atoms with E-state index in [0.717, 1.165) is 32.1 Å². The Morgan fingerprint density at radius 3 is 1.82 bits per heavy atom. The number of aliphatic hydroxyl groups excluding tert-OH is 2. The topological polar surface area (TPSA) is 368 Å². The first-order chi connectivity index (χ1) is 34.8. The molecule has 0 unspecified atom stereocenters. The first-order valence-electron chi connectivity index (χ1n) is 26.2. The zero-order valence-corrected chi connectivity index (χ0v) is 43.7. The predicted molar refractivity (Wildman–Crippen MR) is 275 cm³/mol. The molecule has 73 heavy (non-hydrogen) atoms. The summed E-state index contributed by atoms with van der Waals surface area (Å²) in [6.45, 7) is 8.28. The summed E-state index contributed by atoms with van der Waals surface area (Å²) < 4.78 is 0. The van der Waals surface area contributed by atoms with Gasteiger partial charge in [-0.15, -0.1) is 0 Å². The van der Waals surface area contributed by atoms with Crippen LogP contribution in [-0.2, 0) is 49.6 Å². The molecule has 412 valence electrons. The first kappa shape index (κ1) is 63.6. The molecular weight excluding hydrogens is 943 g/mol. The SMILES string of the molecule is CCCCCCC[C@@H](O)CC(=O)N[C@H](CCN)C(=O)N[C@H]1CCNC(=O)[C@H]([C@@H](C)O)NC(=O)[C@H](CCC)NC(=O)[C@H](CCN)NC(=O)[C@H](CC(C)C)CC(=O)[C@@H](Cc2ccccc2)NC(=O)[C@H](CCN)NC1=O.